The van der Waals surface area contributed by atoms with Gasteiger partial charge in [0.1, 0.15) is 5.75 Å². The highest BCUT2D eigenvalue weighted by molar-refractivity contribution is 7.80. The molecule has 0 saturated heterocycles. The molecule has 2 N–H and O–H groups in total. The van der Waals surface area contributed by atoms with Gasteiger partial charge in [0.2, 0.25) is 0 Å². The van der Waals surface area contributed by atoms with Crippen molar-refractivity contribution in [2.24, 2.45) is 0 Å². The van der Waals surface area contributed by atoms with Crippen molar-refractivity contribution in [3.05, 3.63) is 53.6 Å². The zero-order valence-electron chi connectivity index (χ0n) is 12.5. The fourth-order valence-corrected chi connectivity index (χ4v) is 2.09. The lowest BCUT2D eigenvalue weighted by atomic mass is 10.1. The van der Waals surface area contributed by atoms with Gasteiger partial charge in [0.15, 0.2) is 5.11 Å². The van der Waals surface area contributed by atoms with Crippen LogP contribution < -0.4 is 15.4 Å². The summed E-state index contributed by atoms with van der Waals surface area (Å²) in [7, 11) is 0. The maximum atomic E-state index is 12.1. The number of rotatable bonds is 3. The molecule has 23 heavy (non-hydrogen) atoms. The Morgan fingerprint density at radius 3 is 2.04 bits per heavy atom. The van der Waals surface area contributed by atoms with E-state index < -0.39 is 6.36 Å². The van der Waals surface area contributed by atoms with Gasteiger partial charge in [-0.3, -0.25) is 0 Å². The van der Waals surface area contributed by atoms with Crippen LogP contribution in [-0.4, -0.2) is 11.5 Å². The number of benzene rings is 2. The minimum Gasteiger partial charge on any atom is -0.406 e. The Kier molecular flexibility index (Phi) is 5.10. The molecule has 0 unspecified atom stereocenters. The van der Waals surface area contributed by atoms with E-state index in [9.17, 15) is 13.2 Å². The minimum absolute atomic E-state index is 0.281. The Bertz CT molecular complexity index is 699. The predicted octanol–water partition coefficient (Wildman–Crippen LogP) is 5.01. The van der Waals surface area contributed by atoms with Gasteiger partial charge in [-0.25, -0.2) is 0 Å². The van der Waals surface area contributed by atoms with Gasteiger partial charge in [-0.1, -0.05) is 6.07 Å². The summed E-state index contributed by atoms with van der Waals surface area (Å²) in [6, 6.07) is 11.2. The summed E-state index contributed by atoms with van der Waals surface area (Å²) in [5.74, 6) is -0.281. The first-order valence-corrected chi connectivity index (χ1v) is 7.15. The molecule has 2 aromatic rings. The van der Waals surface area contributed by atoms with Gasteiger partial charge in [0.05, 0.1) is 0 Å². The summed E-state index contributed by atoms with van der Waals surface area (Å²) < 4.78 is 40.1. The summed E-state index contributed by atoms with van der Waals surface area (Å²) in [4.78, 5) is 0. The van der Waals surface area contributed by atoms with Gasteiger partial charge in [-0.05, 0) is 73.6 Å². The van der Waals surface area contributed by atoms with Gasteiger partial charge >= 0.3 is 6.36 Å². The molecule has 0 heterocycles. The third kappa shape index (κ3) is 5.45. The van der Waals surface area contributed by atoms with Crippen LogP contribution in [0.1, 0.15) is 11.1 Å². The Hall–Kier alpha value is -2.28. The molecule has 0 bridgehead atoms. The first-order chi connectivity index (χ1) is 10.7. The second-order valence-electron chi connectivity index (χ2n) is 4.95. The van der Waals surface area contributed by atoms with Crippen LogP contribution in [0.5, 0.6) is 5.75 Å². The predicted molar refractivity (Wildman–Crippen MR) is 88.9 cm³/mol. The lowest BCUT2D eigenvalue weighted by Crippen LogP contribution is -2.19. The Morgan fingerprint density at radius 2 is 1.48 bits per heavy atom. The number of halogens is 3. The van der Waals surface area contributed by atoms with Crippen molar-refractivity contribution in [1.82, 2.24) is 0 Å². The SMILES string of the molecule is Cc1ccc(NC(=S)Nc2ccc(OC(F)(F)F)cc2)cc1C. The van der Waals surface area contributed by atoms with Gasteiger partial charge in [-0.15, -0.1) is 13.2 Å². The summed E-state index contributed by atoms with van der Waals surface area (Å²) in [6.45, 7) is 4.01. The molecule has 0 amide bonds. The highest BCUT2D eigenvalue weighted by atomic mass is 32.1. The number of hydrogen-bond acceptors (Lipinski definition) is 2. The second-order valence-corrected chi connectivity index (χ2v) is 5.36. The van der Waals surface area contributed by atoms with E-state index in [1.807, 2.05) is 32.0 Å². The molecule has 7 heteroatoms. The molecule has 122 valence electrons. The van der Waals surface area contributed by atoms with E-state index in [4.69, 9.17) is 12.2 Å². The lowest BCUT2D eigenvalue weighted by Gasteiger charge is -2.13. The summed E-state index contributed by atoms with van der Waals surface area (Å²) >= 11 is 5.18. The van der Waals surface area contributed by atoms with Gasteiger partial charge in [0.25, 0.3) is 0 Å². The van der Waals surface area contributed by atoms with E-state index in [2.05, 4.69) is 15.4 Å². The van der Waals surface area contributed by atoms with Gasteiger partial charge < -0.3 is 15.4 Å². The number of ether oxygens (including phenoxy) is 1. The fraction of sp³-hybridized carbons (Fsp3) is 0.188. The van der Waals surface area contributed by atoms with Gasteiger partial charge in [-0.2, -0.15) is 0 Å². The number of hydrogen-bond donors (Lipinski definition) is 2. The van der Waals surface area contributed by atoms with E-state index in [1.165, 1.54) is 29.8 Å². The highest BCUT2D eigenvalue weighted by Gasteiger charge is 2.30. The average Bonchev–Trinajstić information content (AvgIpc) is 2.43. The van der Waals surface area contributed by atoms with Crippen molar-refractivity contribution in [1.29, 1.82) is 0 Å². The molecule has 0 fully saturated rings. The van der Waals surface area contributed by atoms with Crippen LogP contribution in [0.2, 0.25) is 0 Å². The largest absolute Gasteiger partial charge is 0.573 e. The van der Waals surface area contributed by atoms with Crippen LogP contribution in [0.15, 0.2) is 42.5 Å². The summed E-state index contributed by atoms with van der Waals surface area (Å²) in [6.07, 6.45) is -4.70. The van der Waals surface area contributed by atoms with E-state index in [1.54, 1.807) is 0 Å². The Balaban J connectivity index is 1.96. The molecule has 0 saturated carbocycles. The molecule has 0 spiro atoms. The van der Waals surface area contributed by atoms with Gasteiger partial charge in [0, 0.05) is 11.4 Å². The number of aryl methyl sites for hydroxylation is 2. The molecule has 0 atom stereocenters. The zero-order chi connectivity index (χ0) is 17.0. The third-order valence-electron chi connectivity index (χ3n) is 3.11. The van der Waals surface area contributed by atoms with Crippen molar-refractivity contribution >= 4 is 28.7 Å². The van der Waals surface area contributed by atoms with Crippen molar-refractivity contribution in [2.75, 3.05) is 10.6 Å². The van der Waals surface area contributed by atoms with Crippen LogP contribution in [0.3, 0.4) is 0 Å². The lowest BCUT2D eigenvalue weighted by molar-refractivity contribution is -0.274. The monoisotopic (exact) mass is 340 g/mol. The molecule has 0 aliphatic heterocycles. The van der Waals surface area contributed by atoms with Crippen LogP contribution in [-0.2, 0) is 0 Å². The molecule has 0 aromatic heterocycles. The molecule has 0 radical (unpaired) electrons. The molecule has 0 aliphatic carbocycles. The molecular formula is C16H15F3N2OS. The number of alkyl halides is 3. The van der Waals surface area contributed by atoms with Crippen LogP contribution in [0.25, 0.3) is 0 Å². The molecular weight excluding hydrogens is 325 g/mol. The fourth-order valence-electron chi connectivity index (χ4n) is 1.85. The topological polar surface area (TPSA) is 33.3 Å². The van der Waals surface area contributed by atoms with Crippen LogP contribution in [0.4, 0.5) is 24.5 Å². The van der Waals surface area contributed by atoms with Crippen molar-refractivity contribution in [2.45, 2.75) is 20.2 Å². The Morgan fingerprint density at radius 1 is 0.913 bits per heavy atom. The Labute approximate surface area is 137 Å². The maximum absolute atomic E-state index is 12.1. The van der Waals surface area contributed by atoms with Crippen molar-refractivity contribution < 1.29 is 17.9 Å². The second kappa shape index (κ2) is 6.87. The van der Waals surface area contributed by atoms with E-state index in [-0.39, 0.29) is 5.75 Å². The third-order valence-corrected chi connectivity index (χ3v) is 3.31. The summed E-state index contributed by atoms with van der Waals surface area (Å²) in [5.41, 5.74) is 3.70. The van der Waals surface area contributed by atoms with E-state index in [0.29, 0.717) is 10.8 Å². The quantitative estimate of drug-likeness (QED) is 0.770. The van der Waals surface area contributed by atoms with Crippen LogP contribution >= 0.6 is 12.2 Å². The van der Waals surface area contributed by atoms with E-state index in [0.717, 1.165) is 11.3 Å². The minimum atomic E-state index is -4.70. The first-order valence-electron chi connectivity index (χ1n) is 6.74. The van der Waals surface area contributed by atoms with Crippen LogP contribution in [0, 0.1) is 13.8 Å². The number of thiocarbonyl (C=S) groups is 1. The zero-order valence-corrected chi connectivity index (χ0v) is 13.3. The van der Waals surface area contributed by atoms with E-state index >= 15 is 0 Å². The number of nitrogens with one attached hydrogen (secondary N) is 2. The molecule has 2 rings (SSSR count). The highest BCUT2D eigenvalue weighted by Crippen LogP contribution is 2.24. The van der Waals surface area contributed by atoms with Crippen molar-refractivity contribution in [3.8, 4) is 5.75 Å². The average molecular weight is 340 g/mol. The maximum Gasteiger partial charge on any atom is 0.573 e. The normalized spacial score (nSPS) is 11.0. The van der Waals surface area contributed by atoms with Crippen molar-refractivity contribution in [3.63, 3.8) is 0 Å². The number of anilines is 2. The summed E-state index contributed by atoms with van der Waals surface area (Å²) in [5, 5.41) is 6.26. The standard InChI is InChI=1S/C16H15F3N2OS/c1-10-3-4-13(9-11(10)2)21-15(23)20-12-5-7-14(8-6-12)22-16(17,18)19/h3-9H,1-2H3,(H2,20,21,23). The molecule has 3 nitrogen and oxygen atoms in total. The molecule has 0 aliphatic rings. The molecule has 2 aromatic carbocycles. The smallest absolute Gasteiger partial charge is 0.406 e. The first kappa shape index (κ1) is 17.1.